The van der Waals surface area contributed by atoms with Crippen LogP contribution in [-0.4, -0.2) is 37.4 Å². The standard InChI is InChI=1S/C25H25F4N3O4S/c1-24(2,3)21-10-16(20-11-17(26)12-31-23(20)33)9-15(22(21)36-4)5-6-18-7-8-19(13-30-18)32-37(34,35)14-25(27,28)29/h5-13,32H,14H2,1-4H3,(H,31,33)/b6-5+. The molecule has 0 bridgehead atoms. The Morgan fingerprint density at radius 2 is 1.81 bits per heavy atom. The molecule has 0 aliphatic heterocycles. The fraction of sp³-hybridized carbons (Fsp3) is 0.280. The van der Waals surface area contributed by atoms with Crippen molar-refractivity contribution in [1.82, 2.24) is 9.97 Å². The summed E-state index contributed by atoms with van der Waals surface area (Å²) in [7, 11) is -3.13. The first kappa shape index (κ1) is 27.9. The Kier molecular flexibility index (Phi) is 7.82. The smallest absolute Gasteiger partial charge is 0.404 e. The molecule has 198 valence electrons. The van der Waals surface area contributed by atoms with Crippen LogP contribution in [0.2, 0.25) is 0 Å². The van der Waals surface area contributed by atoms with Gasteiger partial charge in [-0.25, -0.2) is 12.8 Å². The average molecular weight is 540 g/mol. The Morgan fingerprint density at radius 3 is 2.38 bits per heavy atom. The van der Waals surface area contributed by atoms with Crippen LogP contribution in [0.15, 0.2) is 47.5 Å². The summed E-state index contributed by atoms with van der Waals surface area (Å²) in [6, 6.07) is 7.26. The van der Waals surface area contributed by atoms with Gasteiger partial charge in [-0.05, 0) is 53.5 Å². The zero-order chi connectivity index (χ0) is 27.6. The zero-order valence-corrected chi connectivity index (χ0v) is 21.2. The molecule has 0 amide bonds. The van der Waals surface area contributed by atoms with E-state index in [4.69, 9.17) is 4.74 Å². The van der Waals surface area contributed by atoms with Gasteiger partial charge in [0.15, 0.2) is 5.75 Å². The first-order valence-corrected chi connectivity index (χ1v) is 12.6. The molecule has 2 aromatic heterocycles. The molecule has 0 spiro atoms. The SMILES string of the molecule is COc1c(/C=C/c2ccc(NS(=O)(=O)CC(F)(F)F)cn2)cc(-c2cc(F)c[nH]c2=O)cc1C(C)(C)C. The van der Waals surface area contributed by atoms with E-state index in [2.05, 4.69) is 9.97 Å². The second-order valence-corrected chi connectivity index (χ2v) is 11.0. The molecule has 12 heteroatoms. The Morgan fingerprint density at radius 1 is 1.11 bits per heavy atom. The molecule has 0 aliphatic rings. The summed E-state index contributed by atoms with van der Waals surface area (Å²) in [5, 5.41) is 0. The van der Waals surface area contributed by atoms with Crippen LogP contribution in [0.5, 0.6) is 5.75 Å². The number of methoxy groups -OCH3 is 1. The number of anilines is 1. The van der Waals surface area contributed by atoms with Crippen LogP contribution >= 0.6 is 0 Å². The molecular formula is C25H25F4N3O4S. The van der Waals surface area contributed by atoms with Crippen LogP contribution in [0, 0.1) is 5.82 Å². The minimum atomic E-state index is -4.88. The lowest BCUT2D eigenvalue weighted by atomic mass is 9.83. The van der Waals surface area contributed by atoms with Crippen molar-refractivity contribution in [2.75, 3.05) is 17.6 Å². The van der Waals surface area contributed by atoms with Crippen LogP contribution in [0.4, 0.5) is 23.2 Å². The monoisotopic (exact) mass is 539 g/mol. The first-order chi connectivity index (χ1) is 17.1. The van der Waals surface area contributed by atoms with Crippen molar-refractivity contribution in [2.45, 2.75) is 32.4 Å². The topological polar surface area (TPSA) is 101 Å². The molecule has 0 saturated carbocycles. The van der Waals surface area contributed by atoms with Crippen LogP contribution in [0.25, 0.3) is 23.3 Å². The molecule has 0 unspecified atom stereocenters. The van der Waals surface area contributed by atoms with E-state index in [1.54, 1.807) is 24.3 Å². The number of alkyl halides is 3. The van der Waals surface area contributed by atoms with Gasteiger partial charge in [-0.15, -0.1) is 0 Å². The lowest BCUT2D eigenvalue weighted by Crippen LogP contribution is -2.27. The van der Waals surface area contributed by atoms with Gasteiger partial charge in [-0.2, -0.15) is 13.2 Å². The van der Waals surface area contributed by atoms with Crippen molar-refractivity contribution in [3.05, 3.63) is 75.7 Å². The van der Waals surface area contributed by atoms with Gasteiger partial charge in [-0.3, -0.25) is 14.5 Å². The Bertz CT molecular complexity index is 1470. The van der Waals surface area contributed by atoms with Crippen molar-refractivity contribution in [1.29, 1.82) is 0 Å². The van der Waals surface area contributed by atoms with Gasteiger partial charge in [0.2, 0.25) is 10.0 Å². The average Bonchev–Trinajstić information content (AvgIpc) is 2.77. The Hall–Kier alpha value is -3.67. The van der Waals surface area contributed by atoms with Gasteiger partial charge in [0.1, 0.15) is 11.6 Å². The molecule has 37 heavy (non-hydrogen) atoms. The highest BCUT2D eigenvalue weighted by atomic mass is 32.2. The van der Waals surface area contributed by atoms with Gasteiger partial charge in [0.05, 0.1) is 24.7 Å². The lowest BCUT2D eigenvalue weighted by molar-refractivity contribution is -0.106. The maximum atomic E-state index is 13.9. The second kappa shape index (κ2) is 10.4. The van der Waals surface area contributed by atoms with Crippen LogP contribution < -0.4 is 15.0 Å². The summed E-state index contributed by atoms with van der Waals surface area (Å²) in [6.45, 7) is 5.87. The highest BCUT2D eigenvalue weighted by molar-refractivity contribution is 7.92. The molecule has 3 rings (SSSR count). The highest BCUT2D eigenvalue weighted by Crippen LogP contribution is 2.38. The second-order valence-electron chi connectivity index (χ2n) is 9.24. The third-order valence-electron chi connectivity index (χ3n) is 5.16. The number of sulfonamides is 1. The van der Waals surface area contributed by atoms with Crippen LogP contribution in [0.1, 0.15) is 37.6 Å². The van der Waals surface area contributed by atoms with Crippen LogP contribution in [0.3, 0.4) is 0 Å². The van der Waals surface area contributed by atoms with Gasteiger partial charge in [0.25, 0.3) is 5.56 Å². The molecule has 0 saturated heterocycles. The molecule has 0 radical (unpaired) electrons. The summed E-state index contributed by atoms with van der Waals surface area (Å²) in [5.41, 5.74) is 1.30. The third kappa shape index (κ3) is 7.42. The molecule has 0 fully saturated rings. The van der Waals surface area contributed by atoms with Gasteiger partial charge in [0, 0.05) is 22.9 Å². The predicted molar refractivity (Wildman–Crippen MR) is 134 cm³/mol. The number of aromatic amines is 1. The molecule has 1 aromatic carbocycles. The zero-order valence-electron chi connectivity index (χ0n) is 20.4. The van der Waals surface area contributed by atoms with Crippen molar-refractivity contribution >= 4 is 27.9 Å². The predicted octanol–water partition coefficient (Wildman–Crippen LogP) is 5.36. The number of H-pyrrole nitrogens is 1. The summed E-state index contributed by atoms with van der Waals surface area (Å²) < 4.78 is 82.0. The van der Waals surface area contributed by atoms with E-state index in [1.807, 2.05) is 25.5 Å². The van der Waals surface area contributed by atoms with Crippen molar-refractivity contribution < 1.29 is 30.7 Å². The fourth-order valence-electron chi connectivity index (χ4n) is 3.56. The number of nitrogens with one attached hydrogen (secondary N) is 2. The van der Waals surface area contributed by atoms with Crippen molar-refractivity contribution in [3.63, 3.8) is 0 Å². The van der Waals surface area contributed by atoms with E-state index >= 15 is 0 Å². The van der Waals surface area contributed by atoms with E-state index in [0.29, 0.717) is 22.6 Å². The summed E-state index contributed by atoms with van der Waals surface area (Å²) in [6.07, 6.45) is 0.421. The minimum Gasteiger partial charge on any atom is -0.496 e. The molecular weight excluding hydrogens is 514 g/mol. The van der Waals surface area contributed by atoms with Crippen molar-refractivity contribution in [3.8, 4) is 16.9 Å². The van der Waals surface area contributed by atoms with E-state index < -0.39 is 38.7 Å². The van der Waals surface area contributed by atoms with Crippen molar-refractivity contribution in [2.24, 2.45) is 0 Å². The Balaban J connectivity index is 1.99. The highest BCUT2D eigenvalue weighted by Gasteiger charge is 2.35. The van der Waals surface area contributed by atoms with E-state index in [9.17, 15) is 30.8 Å². The number of hydrogen-bond acceptors (Lipinski definition) is 5. The van der Waals surface area contributed by atoms with Gasteiger partial charge < -0.3 is 9.72 Å². The van der Waals surface area contributed by atoms with E-state index in [0.717, 1.165) is 24.0 Å². The number of nitrogens with zero attached hydrogens (tertiary/aromatic N) is 1. The quantitative estimate of drug-likeness (QED) is 0.394. The van der Waals surface area contributed by atoms with E-state index in [1.165, 1.54) is 19.2 Å². The summed E-state index contributed by atoms with van der Waals surface area (Å²) in [5.74, 6) is -2.09. The molecule has 0 atom stereocenters. The fourth-order valence-corrected chi connectivity index (χ4v) is 4.54. The maximum absolute atomic E-state index is 13.9. The summed E-state index contributed by atoms with van der Waals surface area (Å²) in [4.78, 5) is 18.8. The third-order valence-corrected chi connectivity index (χ3v) is 6.41. The van der Waals surface area contributed by atoms with Gasteiger partial charge in [-0.1, -0.05) is 20.8 Å². The number of hydrogen-bond donors (Lipinski definition) is 2. The first-order valence-electron chi connectivity index (χ1n) is 10.9. The maximum Gasteiger partial charge on any atom is 0.404 e. The van der Waals surface area contributed by atoms with Gasteiger partial charge >= 0.3 is 6.18 Å². The van der Waals surface area contributed by atoms with Crippen LogP contribution in [-0.2, 0) is 15.4 Å². The number of aromatic nitrogens is 2. The molecule has 2 N–H and O–H groups in total. The number of benzene rings is 1. The number of halogens is 4. The van der Waals surface area contributed by atoms with E-state index in [-0.39, 0.29) is 11.3 Å². The number of pyridine rings is 2. The lowest BCUT2D eigenvalue weighted by Gasteiger charge is -2.24. The summed E-state index contributed by atoms with van der Waals surface area (Å²) >= 11 is 0. The molecule has 3 aromatic rings. The number of ether oxygens (including phenoxy) is 1. The molecule has 7 nitrogen and oxygen atoms in total. The largest absolute Gasteiger partial charge is 0.496 e. The minimum absolute atomic E-state index is 0.124. The molecule has 0 aliphatic carbocycles. The Labute approximate surface area is 211 Å². The molecule has 2 heterocycles. The normalized spacial score (nSPS) is 12.6. The number of rotatable bonds is 7.